The summed E-state index contributed by atoms with van der Waals surface area (Å²) in [6, 6.07) is 9.44. The predicted octanol–water partition coefficient (Wildman–Crippen LogP) is 3.15. The highest BCUT2D eigenvalue weighted by Gasteiger charge is 2.34. The first kappa shape index (κ1) is 12.6. The molecule has 1 aliphatic carbocycles. The first-order valence-electron chi connectivity index (χ1n) is 6.90. The van der Waals surface area contributed by atoms with Crippen molar-refractivity contribution in [2.45, 2.75) is 43.7 Å². The minimum absolute atomic E-state index is 0.0285. The Hall–Kier alpha value is -0.380. The minimum atomic E-state index is -0.0285. The Morgan fingerprint density at radius 1 is 1.06 bits per heavy atom. The van der Waals surface area contributed by atoms with E-state index in [-0.39, 0.29) is 6.10 Å². The first-order chi connectivity index (χ1) is 8.72. The molecule has 1 saturated carbocycles. The van der Waals surface area contributed by atoms with Gasteiger partial charge >= 0.3 is 0 Å². The van der Waals surface area contributed by atoms with Crippen LogP contribution in [0, 0.1) is 0 Å². The summed E-state index contributed by atoms with van der Waals surface area (Å²) in [7, 11) is 0. The number of halogens is 1. The molecule has 98 valence electrons. The topological polar surface area (TPSA) is 23.5 Å². The Kier molecular flexibility index (Phi) is 3.73. The molecule has 3 heteroatoms. The molecule has 1 aromatic carbocycles. The molecule has 3 rings (SSSR count). The number of piperidine rings is 1. The summed E-state index contributed by atoms with van der Waals surface area (Å²) in [5, 5.41) is 9.37. The number of benzene rings is 1. The molecule has 1 saturated heterocycles. The molecule has 2 aliphatic rings. The number of aliphatic hydroxyl groups excluding tert-OH is 1. The summed E-state index contributed by atoms with van der Waals surface area (Å²) in [6.07, 6.45) is 4.47. The smallest absolute Gasteiger partial charge is 0.0570 e. The highest BCUT2D eigenvalue weighted by atomic mass is 79.9. The fourth-order valence-corrected chi connectivity index (χ4v) is 3.45. The number of hydrogen-bond donors (Lipinski definition) is 1. The summed E-state index contributed by atoms with van der Waals surface area (Å²) < 4.78 is 1.16. The molecule has 0 radical (unpaired) electrons. The van der Waals surface area contributed by atoms with Crippen molar-refractivity contribution in [2.24, 2.45) is 0 Å². The van der Waals surface area contributed by atoms with Gasteiger partial charge in [-0.25, -0.2) is 0 Å². The van der Waals surface area contributed by atoms with Gasteiger partial charge in [-0.1, -0.05) is 28.1 Å². The van der Waals surface area contributed by atoms with Gasteiger partial charge in [0.25, 0.3) is 0 Å². The Labute approximate surface area is 117 Å². The fraction of sp³-hybridized carbons (Fsp3) is 0.600. The summed E-state index contributed by atoms with van der Waals surface area (Å²) >= 11 is 3.49. The lowest BCUT2D eigenvalue weighted by atomic mass is 9.84. The Morgan fingerprint density at radius 3 is 2.22 bits per heavy atom. The van der Waals surface area contributed by atoms with Gasteiger partial charge in [0.2, 0.25) is 0 Å². The van der Waals surface area contributed by atoms with Gasteiger partial charge in [-0.2, -0.15) is 0 Å². The lowest BCUT2D eigenvalue weighted by Gasteiger charge is -2.44. The normalized spacial score (nSPS) is 30.1. The van der Waals surface area contributed by atoms with Crippen LogP contribution in [0.25, 0.3) is 0 Å². The van der Waals surface area contributed by atoms with Gasteiger partial charge in [0.05, 0.1) is 6.10 Å². The SMILES string of the molecule is OC1CC(N2CCC(c3ccc(Br)cc3)CC2)C1. The molecule has 18 heavy (non-hydrogen) atoms. The zero-order valence-electron chi connectivity index (χ0n) is 10.6. The van der Waals surface area contributed by atoms with Crippen molar-refractivity contribution in [3.63, 3.8) is 0 Å². The second-order valence-corrected chi connectivity index (χ2v) is 6.56. The minimum Gasteiger partial charge on any atom is -0.393 e. The lowest BCUT2D eigenvalue weighted by Crippen LogP contribution is -2.49. The van der Waals surface area contributed by atoms with Crippen LogP contribution in [0.3, 0.4) is 0 Å². The van der Waals surface area contributed by atoms with Crippen LogP contribution in [-0.2, 0) is 0 Å². The molecule has 1 aliphatic heterocycles. The summed E-state index contributed by atoms with van der Waals surface area (Å²) in [4.78, 5) is 2.57. The number of hydrogen-bond acceptors (Lipinski definition) is 2. The molecule has 1 aromatic rings. The van der Waals surface area contributed by atoms with E-state index >= 15 is 0 Å². The molecular weight excluding hydrogens is 290 g/mol. The molecule has 1 N–H and O–H groups in total. The van der Waals surface area contributed by atoms with Crippen molar-refractivity contribution >= 4 is 15.9 Å². The molecular formula is C15H20BrNO. The number of aliphatic hydroxyl groups is 1. The van der Waals surface area contributed by atoms with Crippen LogP contribution in [-0.4, -0.2) is 35.2 Å². The molecule has 1 heterocycles. The monoisotopic (exact) mass is 309 g/mol. The predicted molar refractivity (Wildman–Crippen MR) is 76.7 cm³/mol. The summed E-state index contributed by atoms with van der Waals surface area (Å²) in [5.74, 6) is 0.722. The average molecular weight is 310 g/mol. The molecule has 0 unspecified atom stereocenters. The maximum absolute atomic E-state index is 9.37. The van der Waals surface area contributed by atoms with E-state index in [1.54, 1.807) is 0 Å². The molecule has 0 amide bonds. The van der Waals surface area contributed by atoms with Crippen LogP contribution in [0.2, 0.25) is 0 Å². The molecule has 0 spiro atoms. The Morgan fingerprint density at radius 2 is 1.67 bits per heavy atom. The second-order valence-electron chi connectivity index (χ2n) is 5.64. The van der Waals surface area contributed by atoms with Gasteiger partial charge in [0.15, 0.2) is 0 Å². The van der Waals surface area contributed by atoms with E-state index in [9.17, 15) is 5.11 Å². The highest BCUT2D eigenvalue weighted by molar-refractivity contribution is 9.10. The van der Waals surface area contributed by atoms with E-state index < -0.39 is 0 Å². The van der Waals surface area contributed by atoms with E-state index in [4.69, 9.17) is 0 Å². The first-order valence-corrected chi connectivity index (χ1v) is 7.69. The second kappa shape index (κ2) is 5.32. The van der Waals surface area contributed by atoms with E-state index in [1.165, 1.54) is 31.5 Å². The Bertz CT molecular complexity index is 391. The molecule has 0 bridgehead atoms. The van der Waals surface area contributed by atoms with Gasteiger partial charge in [-0.3, -0.25) is 0 Å². The maximum atomic E-state index is 9.37. The van der Waals surface area contributed by atoms with Crippen LogP contribution in [0.4, 0.5) is 0 Å². The number of nitrogens with zero attached hydrogens (tertiary/aromatic N) is 1. The highest BCUT2D eigenvalue weighted by Crippen LogP contribution is 2.33. The van der Waals surface area contributed by atoms with E-state index in [0.29, 0.717) is 6.04 Å². The third kappa shape index (κ3) is 2.63. The zero-order valence-corrected chi connectivity index (χ0v) is 12.1. The van der Waals surface area contributed by atoms with Crippen LogP contribution in [0.1, 0.15) is 37.2 Å². The van der Waals surface area contributed by atoms with Crippen molar-refractivity contribution < 1.29 is 5.11 Å². The lowest BCUT2D eigenvalue weighted by molar-refractivity contribution is -0.00760. The van der Waals surface area contributed by atoms with Crippen LogP contribution in [0.15, 0.2) is 28.7 Å². The number of rotatable bonds is 2. The third-order valence-corrected chi connectivity index (χ3v) is 5.00. The standard InChI is InChI=1S/C15H20BrNO/c16-13-3-1-11(2-4-13)12-5-7-17(8-6-12)14-9-15(18)10-14/h1-4,12,14-15,18H,5-10H2. The third-order valence-electron chi connectivity index (χ3n) is 4.48. The van der Waals surface area contributed by atoms with Gasteiger partial charge in [0.1, 0.15) is 0 Å². The van der Waals surface area contributed by atoms with Crippen molar-refractivity contribution in [3.05, 3.63) is 34.3 Å². The van der Waals surface area contributed by atoms with Gasteiger partial charge in [-0.15, -0.1) is 0 Å². The fourth-order valence-electron chi connectivity index (χ4n) is 3.19. The zero-order chi connectivity index (χ0) is 12.5. The largest absolute Gasteiger partial charge is 0.393 e. The molecule has 0 aromatic heterocycles. The van der Waals surface area contributed by atoms with Crippen LogP contribution >= 0.6 is 15.9 Å². The maximum Gasteiger partial charge on any atom is 0.0570 e. The quantitative estimate of drug-likeness (QED) is 0.907. The van der Waals surface area contributed by atoms with Gasteiger partial charge in [0, 0.05) is 10.5 Å². The van der Waals surface area contributed by atoms with Crippen LogP contribution in [0.5, 0.6) is 0 Å². The van der Waals surface area contributed by atoms with E-state index in [2.05, 4.69) is 45.1 Å². The van der Waals surface area contributed by atoms with Crippen molar-refractivity contribution in [2.75, 3.05) is 13.1 Å². The van der Waals surface area contributed by atoms with Gasteiger partial charge in [-0.05, 0) is 62.4 Å². The molecule has 0 atom stereocenters. The van der Waals surface area contributed by atoms with Crippen molar-refractivity contribution in [3.8, 4) is 0 Å². The van der Waals surface area contributed by atoms with Gasteiger partial charge < -0.3 is 10.0 Å². The van der Waals surface area contributed by atoms with Crippen LogP contribution < -0.4 is 0 Å². The average Bonchev–Trinajstić information content (AvgIpc) is 2.36. The van der Waals surface area contributed by atoms with E-state index in [1.807, 2.05) is 0 Å². The summed E-state index contributed by atoms with van der Waals surface area (Å²) in [6.45, 7) is 2.39. The molecule has 2 nitrogen and oxygen atoms in total. The van der Waals surface area contributed by atoms with Crippen molar-refractivity contribution in [1.29, 1.82) is 0 Å². The van der Waals surface area contributed by atoms with Crippen molar-refractivity contribution in [1.82, 2.24) is 4.90 Å². The number of likely N-dealkylation sites (tertiary alicyclic amines) is 1. The molecule has 2 fully saturated rings. The Balaban J connectivity index is 1.55. The van der Waals surface area contributed by atoms with E-state index in [0.717, 1.165) is 23.2 Å². The summed E-state index contributed by atoms with van der Waals surface area (Å²) in [5.41, 5.74) is 1.48.